The molecule has 3 rings (SSSR count). The quantitative estimate of drug-likeness (QED) is 0.770. The summed E-state index contributed by atoms with van der Waals surface area (Å²) in [5.41, 5.74) is 3.17. The fraction of sp³-hybridized carbons (Fsp3) is 0.400. The average Bonchev–Trinajstić information content (AvgIpc) is 3.00. The molecule has 0 bridgehead atoms. The number of rotatable bonds is 5. The van der Waals surface area contributed by atoms with Crippen molar-refractivity contribution in [2.75, 3.05) is 16.8 Å². The van der Waals surface area contributed by atoms with Gasteiger partial charge in [-0.25, -0.2) is 8.42 Å². The first-order chi connectivity index (χ1) is 12.8. The van der Waals surface area contributed by atoms with Gasteiger partial charge in [0, 0.05) is 30.7 Å². The Kier molecular flexibility index (Phi) is 6.11. The molecule has 0 aliphatic carbocycles. The Morgan fingerprint density at radius 2 is 2.04 bits per heavy atom. The smallest absolute Gasteiger partial charge is 0.174 e. The first kappa shape index (κ1) is 19.8. The second kappa shape index (κ2) is 8.35. The molecule has 5 nitrogen and oxygen atoms in total. The maximum Gasteiger partial charge on any atom is 0.174 e. The van der Waals surface area contributed by atoms with Gasteiger partial charge in [0.25, 0.3) is 0 Å². The summed E-state index contributed by atoms with van der Waals surface area (Å²) in [6.07, 6.45) is 4.11. The van der Waals surface area contributed by atoms with Crippen molar-refractivity contribution in [2.24, 2.45) is 0 Å². The SMILES string of the molecule is CC(C)c1ccc(NC(=S)N(Cc2cccnc2)[C@@H]2CCS(=O)(=O)C2)cc1. The lowest BCUT2D eigenvalue weighted by Gasteiger charge is -2.31. The lowest BCUT2D eigenvalue weighted by Crippen LogP contribution is -2.43. The summed E-state index contributed by atoms with van der Waals surface area (Å²) in [5, 5.41) is 3.81. The van der Waals surface area contributed by atoms with Crippen LogP contribution in [0.3, 0.4) is 0 Å². The number of nitrogens with one attached hydrogen (secondary N) is 1. The van der Waals surface area contributed by atoms with E-state index in [2.05, 4.69) is 36.3 Å². The molecule has 2 aromatic rings. The number of hydrogen-bond acceptors (Lipinski definition) is 4. The van der Waals surface area contributed by atoms with Crippen LogP contribution in [0.5, 0.6) is 0 Å². The third kappa shape index (κ3) is 5.26. The van der Waals surface area contributed by atoms with E-state index in [4.69, 9.17) is 12.2 Å². The lowest BCUT2D eigenvalue weighted by molar-refractivity contribution is 0.332. The van der Waals surface area contributed by atoms with Gasteiger partial charge in [-0.15, -0.1) is 0 Å². The van der Waals surface area contributed by atoms with Gasteiger partial charge in [-0.3, -0.25) is 4.98 Å². The summed E-state index contributed by atoms with van der Waals surface area (Å²) in [6.45, 7) is 4.84. The molecule has 1 saturated heterocycles. The summed E-state index contributed by atoms with van der Waals surface area (Å²) < 4.78 is 24.0. The van der Waals surface area contributed by atoms with Gasteiger partial charge in [0.15, 0.2) is 14.9 Å². The number of pyridine rings is 1. The fourth-order valence-electron chi connectivity index (χ4n) is 3.22. The standard InChI is InChI=1S/C20H25N3O2S2/c1-15(2)17-5-7-18(8-6-17)22-20(26)23(13-16-4-3-10-21-12-16)19-9-11-27(24,25)14-19/h3-8,10,12,15,19H,9,11,13-14H2,1-2H3,(H,22,26)/t19-/m1/s1. The molecule has 0 radical (unpaired) electrons. The molecule has 1 atom stereocenters. The molecule has 0 amide bonds. The largest absolute Gasteiger partial charge is 0.341 e. The molecule has 0 spiro atoms. The first-order valence-electron chi connectivity index (χ1n) is 9.11. The molecule has 1 aliphatic rings. The van der Waals surface area contributed by atoms with Gasteiger partial charge in [0.2, 0.25) is 0 Å². The van der Waals surface area contributed by atoms with Crippen LogP contribution in [0.2, 0.25) is 0 Å². The molecule has 7 heteroatoms. The molecule has 2 heterocycles. The highest BCUT2D eigenvalue weighted by molar-refractivity contribution is 7.91. The van der Waals surface area contributed by atoms with Crippen LogP contribution in [-0.4, -0.2) is 41.0 Å². The summed E-state index contributed by atoms with van der Waals surface area (Å²) in [5.74, 6) is 0.825. The van der Waals surface area contributed by atoms with Gasteiger partial charge in [-0.05, 0) is 53.9 Å². The predicted molar refractivity (Wildman–Crippen MR) is 114 cm³/mol. The van der Waals surface area contributed by atoms with Crippen LogP contribution in [0.4, 0.5) is 5.69 Å². The summed E-state index contributed by atoms with van der Waals surface area (Å²) in [7, 11) is -3.00. The second-order valence-electron chi connectivity index (χ2n) is 7.25. The van der Waals surface area contributed by atoms with Crippen LogP contribution in [0.1, 0.15) is 37.3 Å². The number of nitrogens with zero attached hydrogens (tertiary/aromatic N) is 2. The minimum absolute atomic E-state index is 0.120. The highest BCUT2D eigenvalue weighted by Crippen LogP contribution is 2.22. The molecule has 1 N–H and O–H groups in total. The van der Waals surface area contributed by atoms with E-state index in [0.717, 1.165) is 11.3 Å². The van der Waals surface area contributed by atoms with Crippen LogP contribution in [0, 0.1) is 0 Å². The van der Waals surface area contributed by atoms with E-state index in [1.165, 1.54) is 5.56 Å². The minimum Gasteiger partial charge on any atom is -0.341 e. The molecule has 1 aromatic carbocycles. The van der Waals surface area contributed by atoms with Crippen molar-refractivity contribution in [1.82, 2.24) is 9.88 Å². The molecular weight excluding hydrogens is 378 g/mol. The van der Waals surface area contributed by atoms with Crippen molar-refractivity contribution in [3.8, 4) is 0 Å². The zero-order valence-electron chi connectivity index (χ0n) is 15.6. The third-order valence-electron chi connectivity index (χ3n) is 4.81. The summed E-state index contributed by atoms with van der Waals surface area (Å²) in [6, 6.07) is 11.9. The number of sulfone groups is 1. The maximum absolute atomic E-state index is 12.0. The van der Waals surface area contributed by atoms with E-state index in [1.54, 1.807) is 12.4 Å². The Bertz CT molecular complexity index is 881. The molecule has 144 valence electrons. The van der Waals surface area contributed by atoms with Gasteiger partial charge in [0.05, 0.1) is 11.5 Å². The number of aromatic nitrogens is 1. The highest BCUT2D eigenvalue weighted by Gasteiger charge is 2.33. The van der Waals surface area contributed by atoms with Crippen molar-refractivity contribution < 1.29 is 8.42 Å². The molecule has 1 aromatic heterocycles. The number of benzene rings is 1. The molecule has 27 heavy (non-hydrogen) atoms. The molecule has 1 aliphatic heterocycles. The van der Waals surface area contributed by atoms with Gasteiger partial charge >= 0.3 is 0 Å². The van der Waals surface area contributed by atoms with Crippen LogP contribution in [-0.2, 0) is 16.4 Å². The van der Waals surface area contributed by atoms with Crippen molar-refractivity contribution in [1.29, 1.82) is 0 Å². The summed E-state index contributed by atoms with van der Waals surface area (Å²) in [4.78, 5) is 6.13. The Hall–Kier alpha value is -1.99. The highest BCUT2D eigenvalue weighted by atomic mass is 32.2. The zero-order chi connectivity index (χ0) is 19.4. The van der Waals surface area contributed by atoms with Crippen molar-refractivity contribution in [3.05, 3.63) is 59.9 Å². The van der Waals surface area contributed by atoms with Crippen LogP contribution >= 0.6 is 12.2 Å². The fourth-order valence-corrected chi connectivity index (χ4v) is 5.29. The van der Waals surface area contributed by atoms with E-state index in [1.807, 2.05) is 29.2 Å². The normalized spacial score (nSPS) is 18.4. The van der Waals surface area contributed by atoms with Crippen LogP contribution in [0.25, 0.3) is 0 Å². The Balaban J connectivity index is 1.77. The second-order valence-corrected chi connectivity index (χ2v) is 9.87. The Morgan fingerprint density at radius 1 is 1.30 bits per heavy atom. The Labute approximate surface area is 166 Å². The number of hydrogen-bond donors (Lipinski definition) is 1. The van der Waals surface area contributed by atoms with E-state index in [0.29, 0.717) is 24.0 Å². The van der Waals surface area contributed by atoms with Gasteiger partial charge in [-0.2, -0.15) is 0 Å². The minimum atomic E-state index is -3.00. The lowest BCUT2D eigenvalue weighted by atomic mass is 10.0. The van der Waals surface area contributed by atoms with E-state index < -0.39 is 9.84 Å². The van der Waals surface area contributed by atoms with Gasteiger partial charge in [-0.1, -0.05) is 32.0 Å². The molecular formula is C20H25N3O2S2. The van der Waals surface area contributed by atoms with Crippen molar-refractivity contribution >= 4 is 32.9 Å². The van der Waals surface area contributed by atoms with Crippen LogP contribution in [0.15, 0.2) is 48.8 Å². The predicted octanol–water partition coefficient (Wildman–Crippen LogP) is 3.59. The topological polar surface area (TPSA) is 62.3 Å². The molecule has 0 unspecified atom stereocenters. The number of thiocarbonyl (C=S) groups is 1. The molecule has 1 fully saturated rings. The average molecular weight is 404 g/mol. The maximum atomic E-state index is 12.0. The number of anilines is 1. The Morgan fingerprint density at radius 3 is 2.59 bits per heavy atom. The monoisotopic (exact) mass is 403 g/mol. The van der Waals surface area contributed by atoms with Crippen molar-refractivity contribution in [3.63, 3.8) is 0 Å². The van der Waals surface area contributed by atoms with E-state index in [9.17, 15) is 8.42 Å². The van der Waals surface area contributed by atoms with Gasteiger partial charge < -0.3 is 10.2 Å². The molecule has 0 saturated carbocycles. The van der Waals surface area contributed by atoms with E-state index in [-0.39, 0.29) is 17.5 Å². The third-order valence-corrected chi connectivity index (χ3v) is 6.90. The summed E-state index contributed by atoms with van der Waals surface area (Å²) >= 11 is 5.65. The van der Waals surface area contributed by atoms with Crippen molar-refractivity contribution in [2.45, 2.75) is 38.8 Å². The zero-order valence-corrected chi connectivity index (χ0v) is 17.3. The van der Waals surface area contributed by atoms with Gasteiger partial charge in [0.1, 0.15) is 0 Å². The van der Waals surface area contributed by atoms with E-state index >= 15 is 0 Å². The van der Waals surface area contributed by atoms with Crippen LogP contribution < -0.4 is 5.32 Å². The first-order valence-corrected chi connectivity index (χ1v) is 11.3.